The summed E-state index contributed by atoms with van der Waals surface area (Å²) in [6.07, 6.45) is 0.920. The van der Waals surface area contributed by atoms with Crippen LogP contribution in [0.3, 0.4) is 0 Å². The highest BCUT2D eigenvalue weighted by molar-refractivity contribution is 9.10. The Morgan fingerprint density at radius 1 is 1.25 bits per heavy atom. The molecule has 1 saturated heterocycles. The Balaban J connectivity index is 2.29. The Morgan fingerprint density at radius 3 is 2.60 bits per heavy atom. The Morgan fingerprint density at radius 2 is 1.95 bits per heavy atom. The summed E-state index contributed by atoms with van der Waals surface area (Å²) in [5, 5.41) is 3.50. The molecule has 0 radical (unpaired) electrons. The molecule has 1 aliphatic rings. The second-order valence-corrected chi connectivity index (χ2v) is 7.24. The van der Waals surface area contributed by atoms with Gasteiger partial charge in [0.05, 0.1) is 10.2 Å². The zero-order valence-corrected chi connectivity index (χ0v) is 13.7. The molecular formula is C15H21BrF2N2. The molecule has 1 unspecified atom stereocenters. The molecule has 0 bridgehead atoms. The number of nitrogens with zero attached hydrogens (tertiary/aromatic N) is 1. The number of benzene rings is 1. The van der Waals surface area contributed by atoms with E-state index in [0.717, 1.165) is 19.5 Å². The molecule has 1 atom stereocenters. The van der Waals surface area contributed by atoms with Gasteiger partial charge in [0.25, 0.3) is 0 Å². The molecule has 0 aromatic heterocycles. The van der Waals surface area contributed by atoms with Crippen molar-refractivity contribution in [3.05, 3.63) is 28.2 Å². The summed E-state index contributed by atoms with van der Waals surface area (Å²) in [6, 6.07) is 2.73. The van der Waals surface area contributed by atoms with Crippen LogP contribution < -0.4 is 10.2 Å². The van der Waals surface area contributed by atoms with Crippen LogP contribution in [0.25, 0.3) is 0 Å². The van der Waals surface area contributed by atoms with E-state index in [9.17, 15) is 8.78 Å². The van der Waals surface area contributed by atoms with E-state index in [1.807, 2.05) is 4.90 Å². The van der Waals surface area contributed by atoms with Crippen LogP contribution in [-0.2, 0) is 0 Å². The fraction of sp³-hybridized carbons (Fsp3) is 0.600. The van der Waals surface area contributed by atoms with E-state index in [4.69, 9.17) is 0 Å². The zero-order chi connectivity index (χ0) is 14.9. The summed E-state index contributed by atoms with van der Waals surface area (Å²) in [6.45, 7) is 8.80. The Hall–Kier alpha value is -0.680. The molecule has 1 aromatic rings. The predicted octanol–water partition coefficient (Wildman–Crippen LogP) is 3.94. The van der Waals surface area contributed by atoms with Crippen molar-refractivity contribution in [1.82, 2.24) is 5.32 Å². The van der Waals surface area contributed by atoms with Gasteiger partial charge >= 0.3 is 0 Å². The molecule has 112 valence electrons. The van der Waals surface area contributed by atoms with Gasteiger partial charge in [-0.05, 0) is 40.4 Å². The first kappa shape index (κ1) is 15.7. The standard InChI is InChI=1S/C15H21BrF2N2/c1-15(2,3)14-9-20(6-4-5-19-14)13-8-11(17)10(16)7-12(13)18/h7-8,14,19H,4-6,9H2,1-3H3. The SMILES string of the molecule is CC(C)(C)C1CN(c2cc(F)c(Br)cc2F)CCCN1. The fourth-order valence-electron chi connectivity index (χ4n) is 2.48. The van der Waals surface area contributed by atoms with Gasteiger partial charge in [-0.2, -0.15) is 0 Å². The number of halogens is 3. The lowest BCUT2D eigenvalue weighted by Gasteiger charge is -2.34. The summed E-state index contributed by atoms with van der Waals surface area (Å²) in [7, 11) is 0. The van der Waals surface area contributed by atoms with Crippen molar-refractivity contribution in [2.24, 2.45) is 5.41 Å². The van der Waals surface area contributed by atoms with Gasteiger partial charge in [-0.25, -0.2) is 8.78 Å². The van der Waals surface area contributed by atoms with E-state index >= 15 is 0 Å². The summed E-state index contributed by atoms with van der Waals surface area (Å²) in [5.74, 6) is -0.807. The maximum atomic E-state index is 14.1. The molecule has 1 heterocycles. The topological polar surface area (TPSA) is 15.3 Å². The van der Waals surface area contributed by atoms with Gasteiger partial charge in [-0.3, -0.25) is 0 Å². The van der Waals surface area contributed by atoms with E-state index in [-0.39, 0.29) is 21.7 Å². The van der Waals surface area contributed by atoms with Gasteiger partial charge in [0, 0.05) is 25.2 Å². The van der Waals surface area contributed by atoms with Crippen LogP contribution in [0.4, 0.5) is 14.5 Å². The first-order valence-electron chi connectivity index (χ1n) is 6.92. The summed E-state index contributed by atoms with van der Waals surface area (Å²) in [5.41, 5.74) is 0.427. The van der Waals surface area contributed by atoms with Crippen molar-refractivity contribution >= 4 is 21.6 Å². The quantitative estimate of drug-likeness (QED) is 0.774. The third-order valence-corrected chi connectivity index (χ3v) is 4.38. The number of hydrogen-bond donors (Lipinski definition) is 1. The van der Waals surface area contributed by atoms with Gasteiger partial charge in [-0.15, -0.1) is 0 Å². The lowest BCUT2D eigenvalue weighted by Crippen LogP contribution is -2.46. The summed E-state index contributed by atoms with van der Waals surface area (Å²) >= 11 is 3.02. The molecule has 2 nitrogen and oxygen atoms in total. The second kappa shape index (κ2) is 5.98. The minimum Gasteiger partial charge on any atom is -0.367 e. The van der Waals surface area contributed by atoms with Gasteiger partial charge in [0.15, 0.2) is 0 Å². The van der Waals surface area contributed by atoms with Crippen LogP contribution in [0.5, 0.6) is 0 Å². The molecule has 0 amide bonds. The number of nitrogens with one attached hydrogen (secondary N) is 1. The maximum Gasteiger partial charge on any atom is 0.147 e. The van der Waals surface area contributed by atoms with Crippen LogP contribution in [0.1, 0.15) is 27.2 Å². The first-order valence-corrected chi connectivity index (χ1v) is 7.71. The van der Waals surface area contributed by atoms with Crippen molar-refractivity contribution in [2.75, 3.05) is 24.5 Å². The van der Waals surface area contributed by atoms with Crippen molar-refractivity contribution in [2.45, 2.75) is 33.2 Å². The molecule has 0 saturated carbocycles. The van der Waals surface area contributed by atoms with Crippen molar-refractivity contribution in [3.8, 4) is 0 Å². The van der Waals surface area contributed by atoms with Crippen LogP contribution >= 0.6 is 15.9 Å². The molecule has 1 aliphatic heterocycles. The van der Waals surface area contributed by atoms with E-state index in [2.05, 4.69) is 42.0 Å². The minimum absolute atomic E-state index is 0.0764. The lowest BCUT2D eigenvalue weighted by molar-refractivity contribution is 0.280. The molecule has 1 aromatic carbocycles. The Labute approximate surface area is 127 Å². The average Bonchev–Trinajstić information content (AvgIpc) is 2.59. The summed E-state index contributed by atoms with van der Waals surface area (Å²) in [4.78, 5) is 1.95. The molecular weight excluding hydrogens is 326 g/mol. The predicted molar refractivity (Wildman–Crippen MR) is 82.1 cm³/mol. The van der Waals surface area contributed by atoms with Gasteiger partial charge in [-0.1, -0.05) is 20.8 Å². The summed E-state index contributed by atoms with van der Waals surface area (Å²) < 4.78 is 28.0. The van der Waals surface area contributed by atoms with E-state index in [1.165, 1.54) is 12.1 Å². The number of anilines is 1. The monoisotopic (exact) mass is 346 g/mol. The van der Waals surface area contributed by atoms with Gasteiger partial charge in [0.2, 0.25) is 0 Å². The highest BCUT2D eigenvalue weighted by Crippen LogP contribution is 2.29. The highest BCUT2D eigenvalue weighted by atomic mass is 79.9. The van der Waals surface area contributed by atoms with Crippen LogP contribution in [0.15, 0.2) is 16.6 Å². The van der Waals surface area contributed by atoms with Crippen LogP contribution in [0.2, 0.25) is 0 Å². The largest absolute Gasteiger partial charge is 0.367 e. The molecule has 20 heavy (non-hydrogen) atoms. The zero-order valence-electron chi connectivity index (χ0n) is 12.1. The molecule has 0 spiro atoms. The number of rotatable bonds is 1. The normalized spacial score (nSPS) is 20.9. The Kier molecular flexibility index (Phi) is 4.69. The maximum absolute atomic E-state index is 14.1. The molecule has 1 fully saturated rings. The smallest absolute Gasteiger partial charge is 0.147 e. The first-order chi connectivity index (χ1) is 9.29. The number of hydrogen-bond acceptors (Lipinski definition) is 2. The lowest BCUT2D eigenvalue weighted by atomic mass is 9.86. The van der Waals surface area contributed by atoms with Gasteiger partial charge < -0.3 is 10.2 Å². The molecule has 5 heteroatoms. The second-order valence-electron chi connectivity index (χ2n) is 6.39. The van der Waals surface area contributed by atoms with Crippen LogP contribution in [-0.4, -0.2) is 25.7 Å². The van der Waals surface area contributed by atoms with Crippen molar-refractivity contribution < 1.29 is 8.78 Å². The average molecular weight is 347 g/mol. The van der Waals surface area contributed by atoms with Crippen molar-refractivity contribution in [1.29, 1.82) is 0 Å². The van der Waals surface area contributed by atoms with Crippen molar-refractivity contribution in [3.63, 3.8) is 0 Å². The van der Waals surface area contributed by atoms with E-state index in [1.54, 1.807) is 0 Å². The fourth-order valence-corrected chi connectivity index (χ4v) is 2.79. The van der Waals surface area contributed by atoms with E-state index in [0.29, 0.717) is 12.2 Å². The molecule has 2 rings (SSSR count). The third-order valence-electron chi connectivity index (χ3n) is 3.77. The molecule has 0 aliphatic carbocycles. The van der Waals surface area contributed by atoms with E-state index < -0.39 is 5.82 Å². The molecule has 1 N–H and O–H groups in total. The highest BCUT2D eigenvalue weighted by Gasteiger charge is 2.29. The minimum atomic E-state index is -0.425. The van der Waals surface area contributed by atoms with Gasteiger partial charge in [0.1, 0.15) is 11.6 Å². The third kappa shape index (κ3) is 3.50. The Bertz CT molecular complexity index is 485. The van der Waals surface area contributed by atoms with Crippen LogP contribution in [0, 0.1) is 17.0 Å².